The minimum atomic E-state index is -0.466. The van der Waals surface area contributed by atoms with Crippen LogP contribution in [0.15, 0.2) is 48.5 Å². The Bertz CT molecular complexity index is 595. The highest BCUT2D eigenvalue weighted by molar-refractivity contribution is 5.94. The van der Waals surface area contributed by atoms with Crippen molar-refractivity contribution in [3.05, 3.63) is 71.0 Å². The van der Waals surface area contributed by atoms with Gasteiger partial charge in [0.1, 0.15) is 5.82 Å². The van der Waals surface area contributed by atoms with Crippen LogP contribution in [0.1, 0.15) is 21.5 Å². The number of hydrogen-bond acceptors (Lipinski definition) is 1. The van der Waals surface area contributed by atoms with Gasteiger partial charge in [-0.15, -0.1) is 0 Å². The molecule has 0 radical (unpaired) electrons. The van der Waals surface area contributed by atoms with Gasteiger partial charge in [-0.1, -0.05) is 42.0 Å². The molecule has 104 valence electrons. The number of nitrogens with zero attached hydrogens (tertiary/aromatic N) is 1. The van der Waals surface area contributed by atoms with Gasteiger partial charge in [-0.3, -0.25) is 4.79 Å². The molecule has 1 amide bonds. The SMILES string of the molecule is Cc1ccc(F)c(C(=O)N(C)CCc2ccccc2)c1. The number of aryl methyl sites for hydroxylation is 1. The van der Waals surface area contributed by atoms with Crippen molar-refractivity contribution in [1.82, 2.24) is 4.90 Å². The van der Waals surface area contributed by atoms with E-state index in [0.717, 1.165) is 17.5 Å². The highest BCUT2D eigenvalue weighted by Crippen LogP contribution is 2.12. The third-order valence-electron chi connectivity index (χ3n) is 3.28. The Balaban J connectivity index is 2.03. The normalized spacial score (nSPS) is 10.3. The molecule has 0 atom stereocenters. The lowest BCUT2D eigenvalue weighted by Crippen LogP contribution is -2.29. The predicted molar refractivity (Wildman–Crippen MR) is 78.2 cm³/mol. The van der Waals surface area contributed by atoms with Crippen molar-refractivity contribution in [2.45, 2.75) is 13.3 Å². The van der Waals surface area contributed by atoms with Gasteiger partial charge in [0.25, 0.3) is 5.91 Å². The topological polar surface area (TPSA) is 20.3 Å². The predicted octanol–water partition coefficient (Wildman–Crippen LogP) is 3.45. The number of halogens is 1. The number of amides is 1. The molecule has 0 unspecified atom stereocenters. The highest BCUT2D eigenvalue weighted by Gasteiger charge is 2.16. The molecule has 0 aliphatic heterocycles. The average molecular weight is 271 g/mol. The molecule has 0 saturated carbocycles. The van der Waals surface area contributed by atoms with E-state index in [9.17, 15) is 9.18 Å². The van der Waals surface area contributed by atoms with Crippen LogP contribution < -0.4 is 0 Å². The van der Waals surface area contributed by atoms with Gasteiger partial charge in [0.2, 0.25) is 0 Å². The second-order valence-electron chi connectivity index (χ2n) is 4.95. The maximum absolute atomic E-state index is 13.7. The standard InChI is InChI=1S/C17H18FNO/c1-13-8-9-16(18)15(12-13)17(20)19(2)11-10-14-6-4-3-5-7-14/h3-9,12H,10-11H2,1-2H3. The molecule has 3 heteroatoms. The first-order valence-corrected chi connectivity index (χ1v) is 6.63. The Hall–Kier alpha value is -2.16. The second kappa shape index (κ2) is 6.33. The minimum Gasteiger partial charge on any atom is -0.341 e. The summed E-state index contributed by atoms with van der Waals surface area (Å²) in [6.45, 7) is 2.41. The lowest BCUT2D eigenvalue weighted by molar-refractivity contribution is 0.0792. The highest BCUT2D eigenvalue weighted by atomic mass is 19.1. The van der Waals surface area contributed by atoms with E-state index in [1.807, 2.05) is 37.3 Å². The van der Waals surface area contributed by atoms with Crippen LogP contribution in [0.4, 0.5) is 4.39 Å². The van der Waals surface area contributed by atoms with E-state index in [4.69, 9.17) is 0 Å². The summed E-state index contributed by atoms with van der Waals surface area (Å²) in [4.78, 5) is 13.8. The number of hydrogen-bond donors (Lipinski definition) is 0. The molecule has 2 aromatic rings. The van der Waals surface area contributed by atoms with Gasteiger partial charge in [-0.25, -0.2) is 4.39 Å². The lowest BCUT2D eigenvalue weighted by atomic mass is 10.1. The molecular weight excluding hydrogens is 253 g/mol. The maximum Gasteiger partial charge on any atom is 0.256 e. The summed E-state index contributed by atoms with van der Waals surface area (Å²) in [5.41, 5.74) is 2.18. The largest absolute Gasteiger partial charge is 0.341 e. The number of rotatable bonds is 4. The third-order valence-corrected chi connectivity index (χ3v) is 3.28. The van der Waals surface area contributed by atoms with E-state index in [2.05, 4.69) is 0 Å². The van der Waals surface area contributed by atoms with Crippen molar-refractivity contribution >= 4 is 5.91 Å². The van der Waals surface area contributed by atoms with Crippen LogP contribution in [0.25, 0.3) is 0 Å². The monoisotopic (exact) mass is 271 g/mol. The zero-order chi connectivity index (χ0) is 14.5. The first-order chi connectivity index (χ1) is 9.58. The molecule has 0 heterocycles. The van der Waals surface area contributed by atoms with E-state index < -0.39 is 5.82 Å². The number of likely N-dealkylation sites (N-methyl/N-ethyl adjacent to an activating group) is 1. The Morgan fingerprint density at radius 3 is 2.55 bits per heavy atom. The molecular formula is C17H18FNO. The summed E-state index contributed by atoms with van der Waals surface area (Å²) < 4.78 is 13.7. The molecule has 0 saturated heterocycles. The number of benzene rings is 2. The molecule has 0 aliphatic rings. The smallest absolute Gasteiger partial charge is 0.256 e. The van der Waals surface area contributed by atoms with E-state index >= 15 is 0 Å². The third kappa shape index (κ3) is 3.44. The van der Waals surface area contributed by atoms with Gasteiger partial charge in [0.05, 0.1) is 5.56 Å². The Morgan fingerprint density at radius 2 is 1.85 bits per heavy atom. The van der Waals surface area contributed by atoms with E-state index in [0.29, 0.717) is 6.54 Å². The van der Waals surface area contributed by atoms with Crippen LogP contribution in [0.3, 0.4) is 0 Å². The van der Waals surface area contributed by atoms with Crippen molar-refractivity contribution in [2.24, 2.45) is 0 Å². The van der Waals surface area contributed by atoms with Crippen LogP contribution in [0, 0.1) is 12.7 Å². The summed E-state index contributed by atoms with van der Waals surface area (Å²) >= 11 is 0. The summed E-state index contributed by atoms with van der Waals surface area (Å²) in [6, 6.07) is 14.5. The Morgan fingerprint density at radius 1 is 1.15 bits per heavy atom. The van der Waals surface area contributed by atoms with Crippen molar-refractivity contribution in [2.75, 3.05) is 13.6 Å². The van der Waals surface area contributed by atoms with Crippen LogP contribution >= 0.6 is 0 Å². The molecule has 0 N–H and O–H groups in total. The quantitative estimate of drug-likeness (QED) is 0.834. The second-order valence-corrected chi connectivity index (χ2v) is 4.95. The van der Waals surface area contributed by atoms with E-state index in [-0.39, 0.29) is 11.5 Å². The van der Waals surface area contributed by atoms with Crippen LogP contribution in [0.5, 0.6) is 0 Å². The number of carbonyl (C=O) groups is 1. The van der Waals surface area contributed by atoms with Gasteiger partial charge in [-0.2, -0.15) is 0 Å². The molecule has 2 aromatic carbocycles. The summed E-state index contributed by atoms with van der Waals surface area (Å²) in [5, 5.41) is 0. The maximum atomic E-state index is 13.7. The molecule has 20 heavy (non-hydrogen) atoms. The molecule has 2 nitrogen and oxygen atoms in total. The van der Waals surface area contributed by atoms with E-state index in [1.54, 1.807) is 24.1 Å². The fourth-order valence-corrected chi connectivity index (χ4v) is 2.05. The minimum absolute atomic E-state index is 0.139. The van der Waals surface area contributed by atoms with Gasteiger partial charge >= 0.3 is 0 Å². The van der Waals surface area contributed by atoms with Crippen molar-refractivity contribution in [1.29, 1.82) is 0 Å². The van der Waals surface area contributed by atoms with Crippen molar-refractivity contribution in [3.8, 4) is 0 Å². The first-order valence-electron chi connectivity index (χ1n) is 6.63. The van der Waals surface area contributed by atoms with Crippen LogP contribution in [-0.4, -0.2) is 24.4 Å². The van der Waals surface area contributed by atoms with Gasteiger partial charge in [-0.05, 0) is 31.0 Å². The molecule has 2 rings (SSSR count). The average Bonchev–Trinajstić information content (AvgIpc) is 2.47. The Kier molecular flexibility index (Phi) is 4.51. The fourth-order valence-electron chi connectivity index (χ4n) is 2.05. The van der Waals surface area contributed by atoms with Crippen LogP contribution in [-0.2, 0) is 6.42 Å². The van der Waals surface area contributed by atoms with Gasteiger partial charge in [0, 0.05) is 13.6 Å². The molecule has 0 aromatic heterocycles. The molecule has 0 aliphatic carbocycles. The zero-order valence-corrected chi connectivity index (χ0v) is 11.8. The molecule has 0 bridgehead atoms. The number of carbonyl (C=O) groups excluding carboxylic acids is 1. The molecule has 0 spiro atoms. The van der Waals surface area contributed by atoms with Gasteiger partial charge in [0.15, 0.2) is 0 Å². The van der Waals surface area contributed by atoms with Gasteiger partial charge < -0.3 is 4.90 Å². The van der Waals surface area contributed by atoms with Crippen molar-refractivity contribution < 1.29 is 9.18 Å². The summed E-state index contributed by atoms with van der Waals surface area (Å²) in [5.74, 6) is -0.741. The Labute approximate surface area is 118 Å². The van der Waals surface area contributed by atoms with Crippen LogP contribution in [0.2, 0.25) is 0 Å². The summed E-state index contributed by atoms with van der Waals surface area (Å²) in [7, 11) is 1.70. The molecule has 0 fully saturated rings. The fraction of sp³-hybridized carbons (Fsp3) is 0.235. The first kappa shape index (κ1) is 14.3. The summed E-state index contributed by atoms with van der Waals surface area (Å²) in [6.07, 6.45) is 0.760. The van der Waals surface area contributed by atoms with E-state index in [1.165, 1.54) is 6.07 Å². The zero-order valence-electron chi connectivity index (χ0n) is 11.8. The lowest BCUT2D eigenvalue weighted by Gasteiger charge is -2.18. The van der Waals surface area contributed by atoms with Crippen molar-refractivity contribution in [3.63, 3.8) is 0 Å².